The van der Waals surface area contributed by atoms with Gasteiger partial charge in [0.15, 0.2) is 12.4 Å². The maximum Gasteiger partial charge on any atom is 0.309 e. The highest BCUT2D eigenvalue weighted by atomic mass is 32.2. The molecule has 0 amide bonds. The Morgan fingerprint density at radius 2 is 1.90 bits per heavy atom. The molecular weight excluding hydrogens is 406 g/mol. The molecule has 30 heavy (non-hydrogen) atoms. The van der Waals surface area contributed by atoms with Crippen LogP contribution < -0.4 is 9.04 Å². The summed E-state index contributed by atoms with van der Waals surface area (Å²) < 4.78 is 36.3. The van der Waals surface area contributed by atoms with Crippen molar-refractivity contribution in [3.05, 3.63) is 59.2 Å². The van der Waals surface area contributed by atoms with Crippen LogP contribution in [0.4, 0.5) is 5.69 Å². The van der Waals surface area contributed by atoms with Crippen LogP contribution in [0.15, 0.2) is 42.5 Å². The summed E-state index contributed by atoms with van der Waals surface area (Å²) >= 11 is 0. The number of benzene rings is 2. The second-order valence-corrected chi connectivity index (χ2v) is 9.20. The van der Waals surface area contributed by atoms with Crippen molar-refractivity contribution in [1.82, 2.24) is 0 Å². The molecule has 8 heteroatoms. The van der Waals surface area contributed by atoms with Gasteiger partial charge in [-0.2, -0.15) is 0 Å². The Kier molecular flexibility index (Phi) is 6.77. The molecule has 160 valence electrons. The van der Waals surface area contributed by atoms with E-state index < -0.39 is 16.0 Å². The van der Waals surface area contributed by atoms with Gasteiger partial charge in [-0.15, -0.1) is 0 Å². The predicted molar refractivity (Wildman–Crippen MR) is 114 cm³/mol. The molecule has 1 aliphatic rings. The van der Waals surface area contributed by atoms with Gasteiger partial charge in [-0.05, 0) is 55.7 Å². The molecule has 7 nitrogen and oxygen atoms in total. The van der Waals surface area contributed by atoms with E-state index in [0.29, 0.717) is 30.0 Å². The maximum absolute atomic E-state index is 12.4. The van der Waals surface area contributed by atoms with Crippen LogP contribution in [0.2, 0.25) is 0 Å². The molecule has 1 heterocycles. The van der Waals surface area contributed by atoms with Crippen LogP contribution in [0.25, 0.3) is 0 Å². The summed E-state index contributed by atoms with van der Waals surface area (Å²) in [5.41, 5.74) is 2.78. The lowest BCUT2D eigenvalue weighted by atomic mass is 10.1. The molecule has 0 radical (unpaired) electrons. The molecule has 0 spiro atoms. The number of aryl methyl sites for hydroxylation is 1. The number of ether oxygens (including phenoxy) is 2. The van der Waals surface area contributed by atoms with Gasteiger partial charge in [0, 0.05) is 12.1 Å². The first-order valence-electron chi connectivity index (χ1n) is 9.82. The fourth-order valence-corrected chi connectivity index (χ4v) is 4.41. The molecule has 3 rings (SSSR count). The Bertz CT molecular complexity index is 1050. The van der Waals surface area contributed by atoms with Gasteiger partial charge < -0.3 is 9.47 Å². The zero-order chi connectivity index (χ0) is 21.7. The summed E-state index contributed by atoms with van der Waals surface area (Å²) in [6.07, 6.45) is 0.585. The van der Waals surface area contributed by atoms with E-state index in [1.807, 2.05) is 31.2 Å². The highest BCUT2D eigenvalue weighted by Gasteiger charge is 2.28. The summed E-state index contributed by atoms with van der Waals surface area (Å²) in [5.74, 6) is -0.115. The maximum atomic E-state index is 12.4. The van der Waals surface area contributed by atoms with Crippen molar-refractivity contribution in [1.29, 1.82) is 0 Å². The average molecular weight is 432 g/mol. The number of carbonyl (C=O) groups excluding carboxylic acids is 2. The lowest BCUT2D eigenvalue weighted by Gasteiger charge is -2.18. The van der Waals surface area contributed by atoms with Crippen LogP contribution in [0.5, 0.6) is 5.75 Å². The van der Waals surface area contributed by atoms with Gasteiger partial charge in [0.05, 0.1) is 24.5 Å². The Hall–Kier alpha value is -2.87. The normalized spacial score (nSPS) is 13.1. The van der Waals surface area contributed by atoms with Gasteiger partial charge in [0.25, 0.3) is 0 Å². The van der Waals surface area contributed by atoms with E-state index in [4.69, 9.17) is 9.47 Å². The largest absolute Gasteiger partial charge is 0.493 e. The number of Topliss-reactive ketones (excluding diaryl/α,β-unsaturated/α-hetero) is 1. The van der Waals surface area contributed by atoms with Crippen molar-refractivity contribution in [2.75, 3.05) is 29.8 Å². The van der Waals surface area contributed by atoms with E-state index in [-0.39, 0.29) is 31.2 Å². The summed E-state index contributed by atoms with van der Waals surface area (Å²) in [6, 6.07) is 12.4. The molecule has 0 aromatic heterocycles. The lowest BCUT2D eigenvalue weighted by molar-refractivity contribution is -0.143. The molecule has 0 aliphatic carbocycles. The average Bonchev–Trinajstić information content (AvgIpc) is 3.17. The number of fused-ring (bicyclic) bond motifs is 1. The third-order valence-electron chi connectivity index (χ3n) is 4.98. The Labute approximate surface area is 176 Å². The van der Waals surface area contributed by atoms with E-state index in [2.05, 4.69) is 0 Å². The number of hydrogen-bond donors (Lipinski definition) is 0. The minimum atomic E-state index is -3.33. The molecular formula is C22H25NO6S. The lowest BCUT2D eigenvalue weighted by Crippen LogP contribution is -2.30. The first kappa shape index (κ1) is 21.8. The second-order valence-electron chi connectivity index (χ2n) is 7.01. The predicted octanol–water partition coefficient (Wildman–Crippen LogP) is 2.90. The smallest absolute Gasteiger partial charge is 0.309 e. The monoisotopic (exact) mass is 431 g/mol. The standard InChI is InChI=1S/C22H25NO6S/c1-3-30(26,27)23-12-10-17-14-18(8-9-19(17)23)20(24)15-29-22(25)11-13-28-21-7-5-4-6-16(21)2/h4-9,14H,3,10-13,15H2,1-2H3. The van der Waals surface area contributed by atoms with Crippen molar-refractivity contribution < 1.29 is 27.5 Å². The molecule has 0 saturated carbocycles. The fraction of sp³-hybridized carbons (Fsp3) is 0.364. The summed E-state index contributed by atoms with van der Waals surface area (Å²) in [7, 11) is -3.33. The number of ketones is 1. The SMILES string of the molecule is CCS(=O)(=O)N1CCc2cc(C(=O)COC(=O)CCOc3ccccc3C)ccc21. The first-order chi connectivity index (χ1) is 14.3. The summed E-state index contributed by atoms with van der Waals surface area (Å²) in [4.78, 5) is 24.3. The van der Waals surface area contributed by atoms with Crippen molar-refractivity contribution in [2.45, 2.75) is 26.7 Å². The topological polar surface area (TPSA) is 90.0 Å². The van der Waals surface area contributed by atoms with Gasteiger partial charge in [-0.1, -0.05) is 18.2 Å². The van der Waals surface area contributed by atoms with Gasteiger partial charge in [0.2, 0.25) is 10.0 Å². The van der Waals surface area contributed by atoms with Gasteiger partial charge in [0.1, 0.15) is 5.75 Å². The zero-order valence-electron chi connectivity index (χ0n) is 17.1. The third kappa shape index (κ3) is 4.99. The number of hydrogen-bond acceptors (Lipinski definition) is 6. The van der Waals surface area contributed by atoms with Crippen LogP contribution >= 0.6 is 0 Å². The number of rotatable bonds is 9. The molecule has 0 unspecified atom stereocenters. The highest BCUT2D eigenvalue weighted by Crippen LogP contribution is 2.31. The van der Waals surface area contributed by atoms with Crippen LogP contribution in [0.1, 0.15) is 34.8 Å². The Morgan fingerprint density at radius 1 is 1.13 bits per heavy atom. The van der Waals surface area contributed by atoms with E-state index in [1.54, 1.807) is 25.1 Å². The van der Waals surface area contributed by atoms with Crippen molar-refractivity contribution in [2.24, 2.45) is 0 Å². The zero-order valence-corrected chi connectivity index (χ0v) is 17.9. The second kappa shape index (κ2) is 9.30. The van der Waals surface area contributed by atoms with Gasteiger partial charge in [-0.25, -0.2) is 8.42 Å². The highest BCUT2D eigenvalue weighted by molar-refractivity contribution is 7.92. The van der Waals surface area contributed by atoms with E-state index in [0.717, 1.165) is 11.1 Å². The van der Waals surface area contributed by atoms with Crippen LogP contribution in [0, 0.1) is 6.92 Å². The number of para-hydroxylation sites is 1. The van der Waals surface area contributed by atoms with Crippen molar-refractivity contribution in [3.63, 3.8) is 0 Å². The molecule has 0 atom stereocenters. The summed E-state index contributed by atoms with van der Waals surface area (Å²) in [6.45, 7) is 3.70. The third-order valence-corrected chi connectivity index (χ3v) is 6.76. The molecule has 0 saturated heterocycles. The quantitative estimate of drug-likeness (QED) is 0.448. The molecule has 0 fully saturated rings. The summed E-state index contributed by atoms with van der Waals surface area (Å²) in [5, 5.41) is 0. The minimum Gasteiger partial charge on any atom is -0.493 e. The Morgan fingerprint density at radius 3 is 2.63 bits per heavy atom. The van der Waals surface area contributed by atoms with E-state index >= 15 is 0 Å². The van der Waals surface area contributed by atoms with Crippen LogP contribution in [0.3, 0.4) is 0 Å². The first-order valence-corrected chi connectivity index (χ1v) is 11.4. The number of carbonyl (C=O) groups is 2. The number of nitrogens with zero attached hydrogens (tertiary/aromatic N) is 1. The number of sulfonamides is 1. The van der Waals surface area contributed by atoms with Gasteiger partial charge >= 0.3 is 5.97 Å². The van der Waals surface area contributed by atoms with Crippen LogP contribution in [-0.2, 0) is 26.0 Å². The minimum absolute atomic E-state index is 0.0244. The molecule has 0 N–H and O–H groups in total. The van der Waals surface area contributed by atoms with E-state index in [9.17, 15) is 18.0 Å². The molecule has 2 aromatic carbocycles. The van der Waals surface area contributed by atoms with Crippen molar-refractivity contribution in [3.8, 4) is 5.75 Å². The molecule has 1 aliphatic heterocycles. The van der Waals surface area contributed by atoms with Crippen molar-refractivity contribution >= 4 is 27.5 Å². The van der Waals surface area contributed by atoms with Crippen LogP contribution in [-0.4, -0.2) is 45.7 Å². The molecule has 0 bridgehead atoms. The van der Waals surface area contributed by atoms with Gasteiger partial charge in [-0.3, -0.25) is 13.9 Å². The fourth-order valence-electron chi connectivity index (χ4n) is 3.25. The molecule has 2 aromatic rings. The number of anilines is 1. The number of esters is 1. The van der Waals surface area contributed by atoms with E-state index in [1.165, 1.54) is 4.31 Å². The Balaban J connectivity index is 1.51.